The van der Waals surface area contributed by atoms with Gasteiger partial charge in [-0.3, -0.25) is 14.9 Å². The lowest BCUT2D eigenvalue weighted by atomic mass is 10.1. The number of hydrogen-bond donors (Lipinski definition) is 0. The molecule has 0 aliphatic carbocycles. The topological polar surface area (TPSA) is 60.2 Å². The van der Waals surface area contributed by atoms with Crippen LogP contribution in [0.4, 0.5) is 5.69 Å². The maximum absolute atomic E-state index is 11.0. The molecule has 0 bridgehead atoms. The molecule has 0 aromatic heterocycles. The van der Waals surface area contributed by atoms with Crippen LogP contribution in [0.1, 0.15) is 19.4 Å². The Labute approximate surface area is 101 Å². The molecule has 0 fully saturated rings. The van der Waals surface area contributed by atoms with Crippen molar-refractivity contribution in [3.63, 3.8) is 0 Å². The van der Waals surface area contributed by atoms with Crippen molar-refractivity contribution in [1.82, 2.24) is 0 Å². The van der Waals surface area contributed by atoms with Gasteiger partial charge in [0.15, 0.2) is 5.78 Å². The summed E-state index contributed by atoms with van der Waals surface area (Å²) in [7, 11) is 0. The molecule has 0 heterocycles. The van der Waals surface area contributed by atoms with Gasteiger partial charge in [0.1, 0.15) is 0 Å². The van der Waals surface area contributed by atoms with Crippen LogP contribution in [-0.4, -0.2) is 10.7 Å². The van der Waals surface area contributed by atoms with E-state index in [-0.39, 0.29) is 11.5 Å². The van der Waals surface area contributed by atoms with Crippen LogP contribution in [0.5, 0.6) is 0 Å². The second kappa shape index (κ2) is 5.03. The van der Waals surface area contributed by atoms with Gasteiger partial charge in [-0.2, -0.15) is 0 Å². The molecule has 0 saturated heterocycles. The third-order valence-corrected chi connectivity index (χ3v) is 2.61. The van der Waals surface area contributed by atoms with Gasteiger partial charge in [-0.25, -0.2) is 0 Å². The molecule has 16 heavy (non-hydrogen) atoms. The Bertz CT molecular complexity index is 480. The van der Waals surface area contributed by atoms with Crippen LogP contribution in [0, 0.1) is 10.1 Å². The first-order chi connectivity index (χ1) is 7.41. The number of allylic oxidation sites excluding steroid dienone is 1. The zero-order valence-electron chi connectivity index (χ0n) is 8.86. The highest BCUT2D eigenvalue weighted by molar-refractivity contribution is 9.10. The predicted molar refractivity (Wildman–Crippen MR) is 65.1 cm³/mol. The number of halogens is 1. The molecule has 0 aliphatic heterocycles. The number of nitro benzene ring substituents is 1. The number of ketones is 1. The third kappa shape index (κ3) is 3.00. The quantitative estimate of drug-likeness (QED) is 0.486. The average molecular weight is 284 g/mol. The second-order valence-corrected chi connectivity index (χ2v) is 4.26. The van der Waals surface area contributed by atoms with Crippen LogP contribution in [-0.2, 0) is 4.79 Å². The molecule has 4 nitrogen and oxygen atoms in total. The molecule has 1 rings (SSSR count). The normalized spacial score (nSPS) is 11.3. The van der Waals surface area contributed by atoms with E-state index in [1.54, 1.807) is 19.1 Å². The van der Waals surface area contributed by atoms with Crippen molar-refractivity contribution in [2.45, 2.75) is 13.8 Å². The predicted octanol–water partition coefficient (Wildman–Crippen LogP) is 3.35. The molecule has 0 unspecified atom stereocenters. The Morgan fingerprint density at radius 1 is 1.44 bits per heavy atom. The second-order valence-electron chi connectivity index (χ2n) is 3.34. The van der Waals surface area contributed by atoms with E-state index in [1.165, 1.54) is 19.1 Å². The van der Waals surface area contributed by atoms with Crippen molar-refractivity contribution in [2.75, 3.05) is 0 Å². The minimum Gasteiger partial charge on any atom is -0.295 e. The van der Waals surface area contributed by atoms with Gasteiger partial charge in [-0.1, -0.05) is 15.9 Å². The Morgan fingerprint density at radius 2 is 2.06 bits per heavy atom. The molecule has 5 heteroatoms. The van der Waals surface area contributed by atoms with Gasteiger partial charge in [0.25, 0.3) is 5.69 Å². The Morgan fingerprint density at radius 3 is 2.56 bits per heavy atom. The molecule has 0 N–H and O–H groups in total. The van der Waals surface area contributed by atoms with Gasteiger partial charge in [0, 0.05) is 10.5 Å². The van der Waals surface area contributed by atoms with Gasteiger partial charge in [0.2, 0.25) is 0 Å². The third-order valence-electron chi connectivity index (χ3n) is 2.12. The summed E-state index contributed by atoms with van der Waals surface area (Å²) in [5.74, 6) is -0.0998. The molecule has 0 spiro atoms. The lowest BCUT2D eigenvalue weighted by molar-refractivity contribution is -0.385. The highest BCUT2D eigenvalue weighted by Gasteiger charge is 2.12. The smallest absolute Gasteiger partial charge is 0.277 e. The highest BCUT2D eigenvalue weighted by atomic mass is 79.9. The summed E-state index contributed by atoms with van der Waals surface area (Å²) in [6.45, 7) is 3.06. The largest absolute Gasteiger partial charge is 0.295 e. The molecule has 0 atom stereocenters. The monoisotopic (exact) mass is 283 g/mol. The number of Topliss-reactive ketones (excluding diaryl/α,β-unsaturated/α-hetero) is 1. The Balaban J connectivity index is 3.29. The molecular formula is C11H10BrNO3. The maximum Gasteiger partial charge on any atom is 0.277 e. The number of nitrogens with zero attached hydrogens (tertiary/aromatic N) is 1. The fraction of sp³-hybridized carbons (Fsp3) is 0.182. The number of benzene rings is 1. The van der Waals surface area contributed by atoms with Crippen LogP contribution < -0.4 is 0 Å². The summed E-state index contributed by atoms with van der Waals surface area (Å²) in [5.41, 5.74) is 0.904. The summed E-state index contributed by atoms with van der Waals surface area (Å²) >= 11 is 3.17. The molecular weight excluding hydrogens is 274 g/mol. The summed E-state index contributed by atoms with van der Waals surface area (Å²) in [6, 6.07) is 4.72. The van der Waals surface area contributed by atoms with Crippen LogP contribution in [0.2, 0.25) is 0 Å². The van der Waals surface area contributed by atoms with Gasteiger partial charge in [-0.15, -0.1) is 0 Å². The van der Waals surface area contributed by atoms with Gasteiger partial charge in [-0.05, 0) is 37.6 Å². The SMILES string of the molecule is CC(=O)/C(C)=C/c1ccc(Br)cc1[N+](=O)[O-]. The Hall–Kier alpha value is -1.49. The molecule has 1 aromatic carbocycles. The number of carbonyl (C=O) groups is 1. The van der Waals surface area contributed by atoms with Crippen molar-refractivity contribution in [2.24, 2.45) is 0 Å². The maximum atomic E-state index is 11.0. The van der Waals surface area contributed by atoms with Crippen LogP contribution in [0.15, 0.2) is 28.2 Å². The van der Waals surface area contributed by atoms with Gasteiger partial charge in [0.05, 0.1) is 10.5 Å². The van der Waals surface area contributed by atoms with Crippen LogP contribution >= 0.6 is 15.9 Å². The van der Waals surface area contributed by atoms with E-state index < -0.39 is 4.92 Å². The molecule has 0 amide bonds. The van der Waals surface area contributed by atoms with Crippen molar-refractivity contribution in [3.05, 3.63) is 43.9 Å². The van der Waals surface area contributed by atoms with E-state index in [0.29, 0.717) is 15.6 Å². The van der Waals surface area contributed by atoms with E-state index in [0.717, 1.165) is 0 Å². The highest BCUT2D eigenvalue weighted by Crippen LogP contribution is 2.25. The van der Waals surface area contributed by atoms with Crippen LogP contribution in [0.3, 0.4) is 0 Å². The molecule has 1 aromatic rings. The molecule has 0 aliphatic rings. The molecule has 0 radical (unpaired) electrons. The first-order valence-electron chi connectivity index (χ1n) is 4.55. The standard InChI is InChI=1S/C11H10BrNO3/c1-7(8(2)14)5-9-3-4-10(12)6-11(9)13(15)16/h3-6H,1-2H3/b7-5+. The summed E-state index contributed by atoms with van der Waals surface area (Å²) in [6.07, 6.45) is 1.52. The lowest BCUT2D eigenvalue weighted by Crippen LogP contribution is -1.95. The first kappa shape index (κ1) is 12.6. The molecule has 0 saturated carbocycles. The minimum atomic E-state index is -0.468. The van der Waals surface area contributed by atoms with Gasteiger partial charge >= 0.3 is 0 Å². The number of carbonyl (C=O) groups excluding carboxylic acids is 1. The average Bonchev–Trinajstić information content (AvgIpc) is 2.20. The number of nitro groups is 1. The zero-order valence-corrected chi connectivity index (χ0v) is 10.4. The number of rotatable bonds is 3. The summed E-state index contributed by atoms with van der Waals surface area (Å²) < 4.78 is 0.636. The van der Waals surface area contributed by atoms with Crippen molar-refractivity contribution < 1.29 is 9.72 Å². The first-order valence-corrected chi connectivity index (χ1v) is 5.34. The van der Waals surface area contributed by atoms with Crippen molar-refractivity contribution in [3.8, 4) is 0 Å². The lowest BCUT2D eigenvalue weighted by Gasteiger charge is -2.00. The Kier molecular flexibility index (Phi) is 3.95. The fourth-order valence-corrected chi connectivity index (χ4v) is 1.48. The zero-order chi connectivity index (χ0) is 12.3. The van der Waals surface area contributed by atoms with E-state index in [1.807, 2.05) is 0 Å². The summed E-state index contributed by atoms with van der Waals surface area (Å²) in [5, 5.41) is 10.8. The van der Waals surface area contributed by atoms with Gasteiger partial charge < -0.3 is 0 Å². The number of hydrogen-bond acceptors (Lipinski definition) is 3. The van der Waals surface area contributed by atoms with Crippen molar-refractivity contribution >= 4 is 33.5 Å². The molecule has 84 valence electrons. The van der Waals surface area contributed by atoms with E-state index in [4.69, 9.17) is 0 Å². The fourth-order valence-electron chi connectivity index (χ4n) is 1.13. The van der Waals surface area contributed by atoms with Crippen molar-refractivity contribution in [1.29, 1.82) is 0 Å². The van der Waals surface area contributed by atoms with E-state index >= 15 is 0 Å². The van der Waals surface area contributed by atoms with E-state index in [9.17, 15) is 14.9 Å². The van der Waals surface area contributed by atoms with E-state index in [2.05, 4.69) is 15.9 Å². The van der Waals surface area contributed by atoms with Crippen LogP contribution in [0.25, 0.3) is 6.08 Å². The summed E-state index contributed by atoms with van der Waals surface area (Å²) in [4.78, 5) is 21.4. The minimum absolute atomic E-state index is 0.0185.